The lowest BCUT2D eigenvalue weighted by Gasteiger charge is -2.11. The van der Waals surface area contributed by atoms with E-state index in [1.807, 2.05) is 18.2 Å². The number of benzene rings is 3. The van der Waals surface area contributed by atoms with Gasteiger partial charge in [-0.1, -0.05) is 41.9 Å². The van der Waals surface area contributed by atoms with Crippen molar-refractivity contribution in [2.75, 3.05) is 5.01 Å². The smallest absolute Gasteiger partial charge is 0.339 e. The average molecular weight is 453 g/mol. The summed E-state index contributed by atoms with van der Waals surface area (Å²) in [5, 5.41) is 6.11. The second kappa shape index (κ2) is 8.37. The van der Waals surface area contributed by atoms with Crippen LogP contribution in [-0.2, 0) is 14.9 Å². The van der Waals surface area contributed by atoms with E-state index in [1.54, 1.807) is 43.3 Å². The Bertz CT molecular complexity index is 1300. The van der Waals surface area contributed by atoms with E-state index < -0.39 is 10.1 Å². The maximum absolute atomic E-state index is 12.9. The monoisotopic (exact) mass is 452 g/mol. The van der Waals surface area contributed by atoms with Crippen LogP contribution >= 0.6 is 11.6 Å². The minimum atomic E-state index is -4.02. The number of anilines is 1. The van der Waals surface area contributed by atoms with Crippen molar-refractivity contribution in [1.82, 2.24) is 0 Å². The van der Waals surface area contributed by atoms with Crippen LogP contribution in [0.1, 0.15) is 12.5 Å². The molecule has 4 rings (SSSR count). The molecule has 31 heavy (non-hydrogen) atoms. The SMILES string of the molecule is CC1=NN(c2ccccc2)C(=O)/C1=C\c1cccc(OS(=O)(=O)c2ccc(Cl)cc2)c1. The third-order valence-electron chi connectivity index (χ3n) is 4.54. The van der Waals surface area contributed by atoms with Crippen molar-refractivity contribution in [3.8, 4) is 5.75 Å². The Labute approximate surface area is 185 Å². The Hall–Kier alpha value is -3.42. The molecule has 0 fully saturated rings. The van der Waals surface area contributed by atoms with E-state index in [9.17, 15) is 13.2 Å². The zero-order valence-corrected chi connectivity index (χ0v) is 18.0. The van der Waals surface area contributed by atoms with Gasteiger partial charge in [-0.2, -0.15) is 18.5 Å². The number of carbonyl (C=O) groups is 1. The molecule has 0 atom stereocenters. The van der Waals surface area contributed by atoms with E-state index >= 15 is 0 Å². The van der Waals surface area contributed by atoms with Crippen LogP contribution in [0.4, 0.5) is 5.69 Å². The topological polar surface area (TPSA) is 76.0 Å². The second-order valence-corrected chi connectivity index (χ2v) is 8.74. The summed E-state index contributed by atoms with van der Waals surface area (Å²) in [6, 6.07) is 21.3. The Morgan fingerprint density at radius 3 is 2.39 bits per heavy atom. The fourth-order valence-electron chi connectivity index (χ4n) is 3.03. The maximum atomic E-state index is 12.9. The lowest BCUT2D eigenvalue weighted by molar-refractivity contribution is -0.114. The van der Waals surface area contributed by atoms with E-state index in [1.165, 1.54) is 35.3 Å². The van der Waals surface area contributed by atoms with Crippen molar-refractivity contribution in [3.63, 3.8) is 0 Å². The molecule has 0 saturated carbocycles. The number of hydrogen-bond donors (Lipinski definition) is 0. The van der Waals surface area contributed by atoms with Gasteiger partial charge in [-0.3, -0.25) is 4.79 Å². The number of hydrazone groups is 1. The van der Waals surface area contributed by atoms with E-state index in [0.29, 0.717) is 27.6 Å². The number of halogens is 1. The van der Waals surface area contributed by atoms with Crippen LogP contribution in [0.3, 0.4) is 0 Å². The third-order valence-corrected chi connectivity index (χ3v) is 6.05. The largest absolute Gasteiger partial charge is 0.379 e. The summed E-state index contributed by atoms with van der Waals surface area (Å²) in [6.07, 6.45) is 1.66. The molecular formula is C23H17ClN2O4S. The fourth-order valence-corrected chi connectivity index (χ4v) is 4.08. The molecular weight excluding hydrogens is 436 g/mol. The molecule has 0 aromatic heterocycles. The van der Waals surface area contributed by atoms with Crippen molar-refractivity contribution < 1.29 is 17.4 Å². The van der Waals surface area contributed by atoms with Crippen molar-refractivity contribution in [2.45, 2.75) is 11.8 Å². The van der Waals surface area contributed by atoms with Crippen molar-refractivity contribution in [3.05, 3.63) is 95.0 Å². The van der Waals surface area contributed by atoms with Crippen LogP contribution in [-0.4, -0.2) is 20.0 Å². The first kappa shape index (κ1) is 20.8. The van der Waals surface area contributed by atoms with Gasteiger partial charge in [0.25, 0.3) is 5.91 Å². The lowest BCUT2D eigenvalue weighted by Crippen LogP contribution is -2.21. The van der Waals surface area contributed by atoms with Gasteiger partial charge in [-0.25, -0.2) is 0 Å². The quantitative estimate of drug-likeness (QED) is 0.407. The number of carbonyl (C=O) groups excluding carboxylic acids is 1. The van der Waals surface area contributed by atoms with Crippen LogP contribution in [0.5, 0.6) is 5.75 Å². The zero-order valence-electron chi connectivity index (χ0n) is 16.4. The van der Waals surface area contributed by atoms with Crippen LogP contribution < -0.4 is 9.19 Å². The molecule has 156 valence electrons. The number of rotatable bonds is 5. The average Bonchev–Trinajstić information content (AvgIpc) is 3.03. The summed E-state index contributed by atoms with van der Waals surface area (Å²) in [7, 11) is -4.02. The molecule has 3 aromatic rings. The summed E-state index contributed by atoms with van der Waals surface area (Å²) in [5.74, 6) is -0.131. The summed E-state index contributed by atoms with van der Waals surface area (Å²) in [5.41, 5.74) is 2.26. The fraction of sp³-hybridized carbons (Fsp3) is 0.0435. The van der Waals surface area contributed by atoms with Gasteiger partial charge in [-0.15, -0.1) is 0 Å². The normalized spacial score (nSPS) is 15.3. The predicted octanol–water partition coefficient (Wildman–Crippen LogP) is 4.91. The third kappa shape index (κ3) is 4.52. The first-order valence-corrected chi connectivity index (χ1v) is 11.1. The zero-order chi connectivity index (χ0) is 22.0. The van der Waals surface area contributed by atoms with E-state index in [0.717, 1.165) is 0 Å². The highest BCUT2D eigenvalue weighted by atomic mass is 35.5. The molecule has 0 spiro atoms. The highest BCUT2D eigenvalue weighted by Gasteiger charge is 2.28. The Morgan fingerprint density at radius 1 is 0.968 bits per heavy atom. The van der Waals surface area contributed by atoms with Crippen molar-refractivity contribution in [1.29, 1.82) is 0 Å². The number of hydrogen-bond acceptors (Lipinski definition) is 5. The van der Waals surface area contributed by atoms with Crippen LogP contribution in [0.15, 0.2) is 94.4 Å². The molecule has 1 aliphatic rings. The first-order chi connectivity index (χ1) is 14.8. The van der Waals surface area contributed by atoms with Gasteiger partial charge in [0.15, 0.2) is 0 Å². The lowest BCUT2D eigenvalue weighted by atomic mass is 10.1. The van der Waals surface area contributed by atoms with Gasteiger partial charge >= 0.3 is 10.1 Å². The van der Waals surface area contributed by atoms with Gasteiger partial charge in [0.05, 0.1) is 17.0 Å². The number of para-hydroxylation sites is 1. The van der Waals surface area contributed by atoms with Crippen molar-refractivity contribution in [2.24, 2.45) is 5.10 Å². The predicted molar refractivity (Wildman–Crippen MR) is 121 cm³/mol. The van der Waals surface area contributed by atoms with Crippen LogP contribution in [0, 0.1) is 0 Å². The minimum absolute atomic E-state index is 0.00638. The number of amides is 1. The van der Waals surface area contributed by atoms with Gasteiger partial charge in [-0.05, 0) is 67.1 Å². The summed E-state index contributed by atoms with van der Waals surface area (Å²) < 4.78 is 30.3. The van der Waals surface area contributed by atoms with E-state index in [4.69, 9.17) is 15.8 Å². The minimum Gasteiger partial charge on any atom is -0.379 e. The molecule has 1 aliphatic heterocycles. The van der Waals surface area contributed by atoms with Crippen molar-refractivity contribution >= 4 is 45.1 Å². The second-order valence-electron chi connectivity index (χ2n) is 6.76. The molecule has 1 heterocycles. The molecule has 0 N–H and O–H groups in total. The van der Waals surface area contributed by atoms with Gasteiger partial charge < -0.3 is 4.18 Å². The van der Waals surface area contributed by atoms with Gasteiger partial charge in [0.1, 0.15) is 10.6 Å². The highest BCUT2D eigenvalue weighted by molar-refractivity contribution is 7.87. The molecule has 0 saturated heterocycles. The molecule has 6 nitrogen and oxygen atoms in total. The van der Waals surface area contributed by atoms with E-state index in [-0.39, 0.29) is 16.6 Å². The standard InChI is InChI=1S/C23H17ClN2O4S/c1-16-22(23(27)26(25-16)19-7-3-2-4-8-19)15-17-6-5-9-20(14-17)30-31(28,29)21-12-10-18(24)11-13-21/h2-15H,1H3/b22-15-. The Kier molecular flexibility index (Phi) is 5.63. The van der Waals surface area contributed by atoms with Gasteiger partial charge in [0, 0.05) is 5.02 Å². The maximum Gasteiger partial charge on any atom is 0.339 e. The molecule has 0 aliphatic carbocycles. The van der Waals surface area contributed by atoms with E-state index in [2.05, 4.69) is 5.10 Å². The number of nitrogens with zero attached hydrogens (tertiary/aromatic N) is 2. The molecule has 1 amide bonds. The van der Waals surface area contributed by atoms with Crippen LogP contribution in [0.25, 0.3) is 6.08 Å². The van der Waals surface area contributed by atoms with Gasteiger partial charge in [0.2, 0.25) is 0 Å². The Balaban J connectivity index is 1.59. The molecule has 0 bridgehead atoms. The summed E-state index contributed by atoms with van der Waals surface area (Å²) in [4.78, 5) is 12.8. The first-order valence-electron chi connectivity index (χ1n) is 9.30. The Morgan fingerprint density at radius 2 is 1.68 bits per heavy atom. The van der Waals surface area contributed by atoms with Crippen LogP contribution in [0.2, 0.25) is 5.02 Å². The molecule has 8 heteroatoms. The molecule has 3 aromatic carbocycles. The molecule has 0 unspecified atom stereocenters. The summed E-state index contributed by atoms with van der Waals surface area (Å²) in [6.45, 7) is 1.75. The summed E-state index contributed by atoms with van der Waals surface area (Å²) >= 11 is 5.81. The highest BCUT2D eigenvalue weighted by Crippen LogP contribution is 2.26. The molecule has 0 radical (unpaired) electrons.